The lowest BCUT2D eigenvalue weighted by Gasteiger charge is -2.13. The van der Waals surface area contributed by atoms with Crippen molar-refractivity contribution in [2.75, 3.05) is 13.1 Å². The Morgan fingerprint density at radius 2 is 0.912 bits per heavy atom. The van der Waals surface area contributed by atoms with Crippen LogP contribution in [-0.4, -0.2) is 96.5 Å². The number of guanidine groups is 1. The van der Waals surface area contributed by atoms with E-state index >= 15 is 0 Å². The van der Waals surface area contributed by atoms with Gasteiger partial charge in [0.15, 0.2) is 0 Å². The number of unbranched alkanes of at least 4 members (excludes halogenated alkanes) is 1. The normalized spacial score (nSPS) is 11.7. The summed E-state index contributed by atoms with van der Waals surface area (Å²) in [5.74, 6) is -3.06. The molecule has 0 spiro atoms. The lowest BCUT2D eigenvalue weighted by Crippen LogP contribution is -2.78. The summed E-state index contributed by atoms with van der Waals surface area (Å²) in [4.78, 5) is 99.4. The molecule has 1 rings (SSSR count). The van der Waals surface area contributed by atoms with Crippen molar-refractivity contribution in [3.63, 3.8) is 0 Å². The molecule has 0 saturated carbocycles. The van der Waals surface area contributed by atoms with Crippen molar-refractivity contribution >= 4 is 59.2 Å². The van der Waals surface area contributed by atoms with Crippen LogP contribution in [-0.2, 0) is 44.8 Å². The Morgan fingerprint density at radius 3 is 1.25 bits per heavy atom. The first-order valence-corrected chi connectivity index (χ1v) is 18.0. The molecule has 0 aromatic heterocycles. The minimum Gasteiger partial charge on any atom is -0.368 e. The van der Waals surface area contributed by atoms with Gasteiger partial charge in [-0.3, -0.25) is 54.8 Å². The van der Waals surface area contributed by atoms with Gasteiger partial charge >= 0.3 is 12.0 Å². The molecule has 0 fully saturated rings. The van der Waals surface area contributed by atoms with Crippen molar-refractivity contribution in [1.82, 2.24) is 26.6 Å². The molecule has 322 valence electrons. The summed E-state index contributed by atoms with van der Waals surface area (Å²) >= 11 is 0. The van der Waals surface area contributed by atoms with Crippen LogP contribution in [0.2, 0.25) is 0 Å². The highest BCUT2D eigenvalue weighted by Crippen LogP contribution is 2.03. The number of carbonyl (C=O) groups excluding carboxylic acids is 9. The molecular weight excluding hydrogens is 746 g/mol. The van der Waals surface area contributed by atoms with Gasteiger partial charge in [-0.25, -0.2) is 4.79 Å². The van der Waals surface area contributed by atoms with E-state index in [0.29, 0.717) is 51.6 Å². The van der Waals surface area contributed by atoms with Gasteiger partial charge in [0.05, 0.1) is 6.54 Å². The molecule has 22 heteroatoms. The fourth-order valence-corrected chi connectivity index (χ4v) is 4.38. The number of primary amides is 5. The number of hydrogen-bond acceptors (Lipinski definition) is 9. The summed E-state index contributed by atoms with van der Waals surface area (Å²) in [5, 5.41) is 12.2. The van der Waals surface area contributed by atoms with E-state index in [1.54, 1.807) is 0 Å². The van der Waals surface area contributed by atoms with Gasteiger partial charge in [0.2, 0.25) is 47.3 Å². The number of benzene rings is 1. The van der Waals surface area contributed by atoms with E-state index in [0.717, 1.165) is 18.4 Å². The average Bonchev–Trinajstić information content (AvgIpc) is 3.09. The van der Waals surface area contributed by atoms with Crippen molar-refractivity contribution in [3.05, 3.63) is 35.9 Å². The van der Waals surface area contributed by atoms with Crippen LogP contribution in [0.25, 0.3) is 0 Å². The SMILES string of the molecule is CC(=O)N[C@@H](CCCNC(N)=O)C(N)=O.CC(=O)N[C@@H](CCC[NH+]=C(N)N)C(N)=O.CC(=O)N[C@@H](Cc1ccccc1)C(N)=O.CCCC[C@H](NC(C)=O)C(N)=O. The number of nitrogens with one attached hydrogen (secondary N) is 6. The van der Waals surface area contributed by atoms with Gasteiger partial charge in [0, 0.05) is 40.7 Å². The molecule has 20 N–H and O–H groups in total. The van der Waals surface area contributed by atoms with Gasteiger partial charge in [-0.15, -0.1) is 0 Å². The topological polar surface area (TPSA) is 410 Å². The summed E-state index contributed by atoms with van der Waals surface area (Å²) in [7, 11) is 0. The van der Waals surface area contributed by atoms with Gasteiger partial charge in [-0.05, 0) is 37.7 Å². The van der Waals surface area contributed by atoms with Gasteiger partial charge in [0.25, 0.3) is 0 Å². The molecule has 0 saturated heterocycles. The van der Waals surface area contributed by atoms with E-state index in [9.17, 15) is 43.2 Å². The summed E-state index contributed by atoms with van der Waals surface area (Å²) in [6.07, 6.45) is 4.91. The smallest absolute Gasteiger partial charge is 0.338 e. The van der Waals surface area contributed by atoms with Crippen molar-refractivity contribution < 1.29 is 48.1 Å². The number of nitrogens with two attached hydrogens (primary N) is 7. The Kier molecular flexibility index (Phi) is 31.7. The van der Waals surface area contributed by atoms with Crippen molar-refractivity contribution in [2.24, 2.45) is 40.1 Å². The van der Waals surface area contributed by atoms with Crippen LogP contribution in [0.5, 0.6) is 0 Å². The van der Waals surface area contributed by atoms with E-state index < -0.39 is 53.8 Å². The maximum Gasteiger partial charge on any atom is 0.338 e. The molecule has 0 aliphatic heterocycles. The minimum absolute atomic E-state index is 0.130. The van der Waals surface area contributed by atoms with Crippen molar-refractivity contribution in [3.8, 4) is 0 Å². The Balaban J connectivity index is -0.000000685. The van der Waals surface area contributed by atoms with Gasteiger partial charge in [0.1, 0.15) is 24.2 Å². The number of urea groups is 1. The van der Waals surface area contributed by atoms with Crippen LogP contribution in [0, 0.1) is 0 Å². The van der Waals surface area contributed by atoms with E-state index in [-0.39, 0.29) is 29.6 Å². The van der Waals surface area contributed by atoms with Crippen LogP contribution in [0.3, 0.4) is 0 Å². The second kappa shape index (κ2) is 32.9. The lowest BCUT2D eigenvalue weighted by atomic mass is 10.1. The zero-order chi connectivity index (χ0) is 44.5. The van der Waals surface area contributed by atoms with Gasteiger partial charge < -0.3 is 55.3 Å². The maximum absolute atomic E-state index is 11.0. The number of carbonyl (C=O) groups is 9. The average molecular weight is 811 g/mol. The first kappa shape index (κ1) is 54.9. The summed E-state index contributed by atoms with van der Waals surface area (Å²) in [6.45, 7) is 8.27. The van der Waals surface area contributed by atoms with Crippen LogP contribution >= 0.6 is 0 Å². The predicted molar refractivity (Wildman–Crippen MR) is 212 cm³/mol. The molecule has 0 unspecified atom stereocenters. The molecule has 0 aliphatic carbocycles. The van der Waals surface area contributed by atoms with E-state index in [1.807, 2.05) is 37.3 Å². The molecular formula is C35H64N13O9+. The number of hydrogen-bond donors (Lipinski definition) is 13. The van der Waals surface area contributed by atoms with Gasteiger partial charge in [-0.1, -0.05) is 50.1 Å². The molecule has 1 aromatic carbocycles. The first-order valence-electron chi connectivity index (χ1n) is 18.0. The van der Waals surface area contributed by atoms with Crippen molar-refractivity contribution in [1.29, 1.82) is 0 Å². The molecule has 57 heavy (non-hydrogen) atoms. The van der Waals surface area contributed by atoms with E-state index in [2.05, 4.69) is 31.6 Å². The minimum atomic E-state index is -0.697. The molecule has 0 aliphatic rings. The fourth-order valence-electron chi connectivity index (χ4n) is 4.38. The predicted octanol–water partition coefficient (Wildman–Crippen LogP) is -5.08. The molecule has 22 nitrogen and oxygen atoms in total. The quantitative estimate of drug-likeness (QED) is 0.0316. The van der Waals surface area contributed by atoms with Gasteiger partial charge in [-0.2, -0.15) is 0 Å². The maximum atomic E-state index is 11.0. The molecule has 0 bridgehead atoms. The van der Waals surface area contributed by atoms with Crippen molar-refractivity contribution in [2.45, 2.75) is 110 Å². The third-order valence-electron chi connectivity index (χ3n) is 6.98. The zero-order valence-electron chi connectivity index (χ0n) is 33.5. The van der Waals surface area contributed by atoms with Crippen LogP contribution in [0.15, 0.2) is 30.3 Å². The summed E-state index contributed by atoms with van der Waals surface area (Å²) < 4.78 is 0. The molecule has 0 heterocycles. The third kappa shape index (κ3) is 36.3. The summed E-state index contributed by atoms with van der Waals surface area (Å²) in [5.41, 5.74) is 36.6. The monoisotopic (exact) mass is 810 g/mol. The Morgan fingerprint density at radius 1 is 0.544 bits per heavy atom. The van der Waals surface area contributed by atoms with E-state index in [1.165, 1.54) is 27.7 Å². The zero-order valence-corrected chi connectivity index (χ0v) is 33.5. The van der Waals surface area contributed by atoms with E-state index in [4.69, 9.17) is 40.1 Å². The molecule has 10 amide bonds. The second-order valence-corrected chi connectivity index (χ2v) is 12.4. The number of amides is 10. The molecule has 4 atom stereocenters. The largest absolute Gasteiger partial charge is 0.368 e. The number of rotatable bonds is 21. The van der Waals surface area contributed by atoms with Crippen LogP contribution in [0.1, 0.15) is 85.1 Å². The highest BCUT2D eigenvalue weighted by Gasteiger charge is 2.18. The second-order valence-electron chi connectivity index (χ2n) is 12.4. The highest BCUT2D eigenvalue weighted by atomic mass is 16.2. The Hall–Kier alpha value is -6.48. The first-order chi connectivity index (χ1) is 26.5. The highest BCUT2D eigenvalue weighted by molar-refractivity contribution is 5.87. The fraction of sp³-hybridized carbons (Fsp3) is 0.543. The Bertz CT molecular complexity index is 1460. The Labute approximate surface area is 333 Å². The molecule has 1 aromatic rings. The molecule has 0 radical (unpaired) electrons. The standard InChI is InChI=1S/C11H14N2O2.C8H17N5O2.C8H16N4O3.C8H16N2O2/c1-8(14)13-10(11(12)15)7-9-5-3-2-4-6-9;1-5(14)13-6(7(9)15)3-2-4-12-8(10)11;1-5(13)12-6(7(9)14)3-2-4-11-8(10)15;1-3-4-5-7(8(9)12)10-6(2)11/h2-6,10H,7H2,1H3,(H2,12,15)(H,13,14);6H,2-4H2,1H3,(H2,9,15)(H,13,14)(H4,10,11,12);6H,2-4H2,1H3,(H2,9,14)(H,12,13)(H3,10,11,15);7H,3-5H2,1-2H3,(H2,9,12)(H,10,11)/p+1/t10-;2*6-;7-/m0000/s1. The third-order valence-corrected chi connectivity index (χ3v) is 6.98. The van der Waals surface area contributed by atoms with Crippen LogP contribution in [0.4, 0.5) is 4.79 Å². The summed E-state index contributed by atoms with van der Waals surface area (Å²) in [6, 6.07) is 6.33. The lowest BCUT2D eigenvalue weighted by molar-refractivity contribution is -0.459. The van der Waals surface area contributed by atoms with Crippen LogP contribution < -0.4 is 71.7 Å².